The predicted molar refractivity (Wildman–Crippen MR) is 69.7 cm³/mol. The molecule has 2 rings (SSSR count). The summed E-state index contributed by atoms with van der Waals surface area (Å²) in [6, 6.07) is 3.34. The molecule has 1 heterocycles. The van der Waals surface area contributed by atoms with Crippen LogP contribution < -0.4 is 5.73 Å². The fourth-order valence-corrected chi connectivity index (χ4v) is 3.64. The molecule has 0 amide bonds. The maximum atomic E-state index is 13.4. The van der Waals surface area contributed by atoms with E-state index < -0.39 is 27.7 Å². The third-order valence-electron chi connectivity index (χ3n) is 3.30. The van der Waals surface area contributed by atoms with Crippen molar-refractivity contribution in [1.82, 2.24) is 4.31 Å². The van der Waals surface area contributed by atoms with Crippen molar-refractivity contribution in [2.75, 3.05) is 25.9 Å². The number of nitrogens with two attached hydrogens (primary N) is 1. The number of carbonyl (C=O) groups excluding carboxylic acids is 1. The molecule has 0 bridgehead atoms. The summed E-state index contributed by atoms with van der Waals surface area (Å²) in [4.78, 5) is 11.2. The van der Waals surface area contributed by atoms with Gasteiger partial charge in [0.2, 0.25) is 10.0 Å². The molecule has 8 heteroatoms. The number of anilines is 1. The first kappa shape index (κ1) is 14.7. The van der Waals surface area contributed by atoms with E-state index in [-0.39, 0.29) is 23.7 Å². The van der Waals surface area contributed by atoms with Gasteiger partial charge in [0.15, 0.2) is 0 Å². The molecule has 1 saturated heterocycles. The first-order valence-corrected chi connectivity index (χ1v) is 7.43. The van der Waals surface area contributed by atoms with Crippen molar-refractivity contribution < 1.29 is 22.3 Å². The monoisotopic (exact) mass is 302 g/mol. The number of ether oxygens (including phenoxy) is 1. The Bertz CT molecular complexity index is 632. The minimum atomic E-state index is -3.82. The molecule has 110 valence electrons. The summed E-state index contributed by atoms with van der Waals surface area (Å²) in [7, 11) is -2.56. The molecule has 0 saturated carbocycles. The van der Waals surface area contributed by atoms with E-state index in [1.807, 2.05) is 0 Å². The number of esters is 1. The Hall–Kier alpha value is -1.67. The highest BCUT2D eigenvalue weighted by molar-refractivity contribution is 7.89. The Morgan fingerprint density at radius 2 is 2.20 bits per heavy atom. The van der Waals surface area contributed by atoms with Crippen LogP contribution in [0.4, 0.5) is 10.1 Å². The van der Waals surface area contributed by atoms with Crippen LogP contribution in [0.2, 0.25) is 0 Å². The smallest absolute Gasteiger partial charge is 0.310 e. The molecule has 1 aliphatic rings. The highest BCUT2D eigenvalue weighted by atomic mass is 32.2. The van der Waals surface area contributed by atoms with Crippen LogP contribution in [-0.2, 0) is 19.6 Å². The Labute approximate surface area is 116 Å². The zero-order valence-corrected chi connectivity index (χ0v) is 11.7. The summed E-state index contributed by atoms with van der Waals surface area (Å²) in [6.45, 7) is 0.245. The summed E-state index contributed by atoms with van der Waals surface area (Å²) in [6.07, 6.45) is 0.392. The number of nitrogens with zero attached hydrogens (tertiary/aromatic N) is 1. The van der Waals surface area contributed by atoms with Crippen LogP contribution >= 0.6 is 0 Å². The average Bonchev–Trinajstić information content (AvgIpc) is 2.91. The van der Waals surface area contributed by atoms with Gasteiger partial charge in [0.05, 0.1) is 23.6 Å². The van der Waals surface area contributed by atoms with Gasteiger partial charge in [-0.2, -0.15) is 4.31 Å². The molecule has 1 aromatic carbocycles. The summed E-state index contributed by atoms with van der Waals surface area (Å²) in [5.74, 6) is -1.70. The fraction of sp³-hybridized carbons (Fsp3) is 0.417. The normalized spacial score (nSPS) is 20.0. The third-order valence-corrected chi connectivity index (χ3v) is 5.16. The van der Waals surface area contributed by atoms with Gasteiger partial charge in [0.1, 0.15) is 5.82 Å². The SMILES string of the molecule is COC(=O)C1CCN(S(=O)(=O)c2ccc(N)c(F)c2)C1. The molecule has 1 aliphatic heterocycles. The molecular formula is C12H15FN2O4S. The van der Waals surface area contributed by atoms with Gasteiger partial charge in [-0.1, -0.05) is 0 Å². The number of halogens is 1. The number of methoxy groups -OCH3 is 1. The number of hydrogen-bond acceptors (Lipinski definition) is 5. The minimum Gasteiger partial charge on any atom is -0.469 e. The quantitative estimate of drug-likeness (QED) is 0.652. The lowest BCUT2D eigenvalue weighted by atomic mass is 10.1. The van der Waals surface area contributed by atoms with E-state index in [1.54, 1.807) is 0 Å². The van der Waals surface area contributed by atoms with E-state index in [0.29, 0.717) is 6.42 Å². The molecule has 0 radical (unpaired) electrons. The largest absolute Gasteiger partial charge is 0.469 e. The van der Waals surface area contributed by atoms with Crippen molar-refractivity contribution in [3.63, 3.8) is 0 Å². The highest BCUT2D eigenvalue weighted by Crippen LogP contribution is 2.26. The van der Waals surface area contributed by atoms with Gasteiger partial charge in [0, 0.05) is 13.1 Å². The van der Waals surface area contributed by atoms with Gasteiger partial charge >= 0.3 is 5.97 Å². The summed E-state index contributed by atoms with van der Waals surface area (Å²) in [5.41, 5.74) is 5.21. The van der Waals surface area contributed by atoms with E-state index in [0.717, 1.165) is 10.4 Å². The summed E-state index contributed by atoms with van der Waals surface area (Å²) >= 11 is 0. The van der Waals surface area contributed by atoms with Crippen molar-refractivity contribution in [3.05, 3.63) is 24.0 Å². The van der Waals surface area contributed by atoms with Gasteiger partial charge in [-0.05, 0) is 24.6 Å². The molecule has 0 aromatic heterocycles. The van der Waals surface area contributed by atoms with Crippen LogP contribution in [0, 0.1) is 11.7 Å². The summed E-state index contributed by atoms with van der Waals surface area (Å²) in [5, 5.41) is 0. The van der Waals surface area contributed by atoms with Crippen molar-refractivity contribution in [2.45, 2.75) is 11.3 Å². The standard InChI is InChI=1S/C12H15FN2O4S/c1-19-12(16)8-4-5-15(7-8)20(17,18)9-2-3-11(14)10(13)6-9/h2-3,6,8H,4-5,7,14H2,1H3. The molecule has 0 aliphatic carbocycles. The first-order chi connectivity index (χ1) is 9.36. The third kappa shape index (κ3) is 2.61. The number of nitrogen functional groups attached to an aromatic ring is 1. The molecule has 1 atom stereocenters. The lowest BCUT2D eigenvalue weighted by Gasteiger charge is -2.16. The minimum absolute atomic E-state index is 0.0427. The molecule has 0 spiro atoms. The second-order valence-corrected chi connectivity index (χ2v) is 6.49. The number of hydrogen-bond donors (Lipinski definition) is 1. The van der Waals surface area contributed by atoms with E-state index in [2.05, 4.69) is 4.74 Å². The van der Waals surface area contributed by atoms with Gasteiger partial charge in [-0.15, -0.1) is 0 Å². The zero-order valence-electron chi connectivity index (χ0n) is 10.9. The zero-order chi connectivity index (χ0) is 14.9. The van der Waals surface area contributed by atoms with Crippen LogP contribution in [0.5, 0.6) is 0 Å². The van der Waals surface area contributed by atoms with E-state index >= 15 is 0 Å². The van der Waals surface area contributed by atoms with Crippen molar-refractivity contribution >= 4 is 21.7 Å². The van der Waals surface area contributed by atoms with Gasteiger partial charge in [-0.25, -0.2) is 12.8 Å². The predicted octanol–water partition coefficient (Wildman–Crippen LogP) is 0.591. The van der Waals surface area contributed by atoms with E-state index in [9.17, 15) is 17.6 Å². The molecule has 6 nitrogen and oxygen atoms in total. The van der Waals surface area contributed by atoms with E-state index in [4.69, 9.17) is 5.73 Å². The van der Waals surface area contributed by atoms with E-state index in [1.165, 1.54) is 19.2 Å². The van der Waals surface area contributed by atoms with Crippen molar-refractivity contribution in [1.29, 1.82) is 0 Å². The fourth-order valence-electron chi connectivity index (χ4n) is 2.12. The second kappa shape index (κ2) is 5.37. The number of benzene rings is 1. The second-order valence-electron chi connectivity index (χ2n) is 4.56. The van der Waals surface area contributed by atoms with Crippen LogP contribution in [0.15, 0.2) is 23.1 Å². The molecule has 1 fully saturated rings. The maximum absolute atomic E-state index is 13.4. The lowest BCUT2D eigenvalue weighted by Crippen LogP contribution is -2.30. The van der Waals surface area contributed by atoms with Crippen molar-refractivity contribution in [2.24, 2.45) is 5.92 Å². The Kier molecular flexibility index (Phi) is 3.96. The highest BCUT2D eigenvalue weighted by Gasteiger charge is 2.36. The van der Waals surface area contributed by atoms with Crippen LogP contribution in [-0.4, -0.2) is 38.9 Å². The number of sulfonamides is 1. The molecule has 20 heavy (non-hydrogen) atoms. The van der Waals surface area contributed by atoms with Crippen LogP contribution in [0.25, 0.3) is 0 Å². The number of rotatable bonds is 3. The topological polar surface area (TPSA) is 89.7 Å². The molecule has 2 N–H and O–H groups in total. The Balaban J connectivity index is 2.23. The Morgan fingerprint density at radius 1 is 1.50 bits per heavy atom. The average molecular weight is 302 g/mol. The molecular weight excluding hydrogens is 287 g/mol. The Morgan fingerprint density at radius 3 is 2.80 bits per heavy atom. The molecule has 1 aromatic rings. The van der Waals surface area contributed by atoms with Gasteiger partial charge in [-0.3, -0.25) is 4.79 Å². The maximum Gasteiger partial charge on any atom is 0.310 e. The van der Waals surface area contributed by atoms with Gasteiger partial charge < -0.3 is 10.5 Å². The first-order valence-electron chi connectivity index (χ1n) is 5.99. The van der Waals surface area contributed by atoms with Crippen LogP contribution in [0.1, 0.15) is 6.42 Å². The van der Waals surface area contributed by atoms with Crippen LogP contribution in [0.3, 0.4) is 0 Å². The summed E-state index contributed by atoms with van der Waals surface area (Å²) < 4.78 is 43.8. The van der Waals surface area contributed by atoms with Crippen molar-refractivity contribution in [3.8, 4) is 0 Å². The van der Waals surface area contributed by atoms with Gasteiger partial charge in [0.25, 0.3) is 0 Å². The molecule has 1 unspecified atom stereocenters. The lowest BCUT2D eigenvalue weighted by molar-refractivity contribution is -0.144. The number of carbonyl (C=O) groups is 1.